The van der Waals surface area contributed by atoms with Crippen molar-refractivity contribution in [2.45, 2.75) is 0 Å². The Morgan fingerprint density at radius 2 is 2.00 bits per heavy atom. The highest BCUT2D eigenvalue weighted by Crippen LogP contribution is 1.92. The maximum atomic E-state index is 3.35. The highest BCUT2D eigenvalue weighted by molar-refractivity contribution is 9.08. The number of nitrogens with one attached hydrogen (secondary N) is 1. The molecule has 1 aliphatic heterocycles. The summed E-state index contributed by atoms with van der Waals surface area (Å²) in [6.45, 7) is 0. The summed E-state index contributed by atoms with van der Waals surface area (Å²) in [4.78, 5) is 0. The van der Waals surface area contributed by atoms with Gasteiger partial charge in [-0.3, -0.25) is 3.26 Å². The molecule has 1 aliphatic rings. The van der Waals surface area contributed by atoms with Gasteiger partial charge in [-0.1, -0.05) is 0 Å². The van der Waals surface area contributed by atoms with E-state index < -0.39 is 0 Å². The zero-order valence-electron chi connectivity index (χ0n) is 2.74. The molecule has 5 heteroatoms. The van der Waals surface area contributed by atoms with E-state index >= 15 is 0 Å². The largest absolute Gasteiger partial charge is 0.345 e. The summed E-state index contributed by atoms with van der Waals surface area (Å²) in [5, 5.41) is 0. The lowest BCUT2D eigenvalue weighted by Crippen LogP contribution is -2.53. The molecule has 0 amide bonds. The van der Waals surface area contributed by atoms with Crippen LogP contribution in [0.15, 0.2) is 0 Å². The minimum atomic E-state index is 0.0910. The van der Waals surface area contributed by atoms with Crippen LogP contribution in [0, 0.1) is 0 Å². The molecule has 0 atom stereocenters. The minimum Gasteiger partial charge on any atom is -0.345 e. The van der Waals surface area contributed by atoms with Crippen LogP contribution in [0.2, 0.25) is 0 Å². The Morgan fingerprint density at radius 3 is 2.00 bits per heavy atom. The van der Waals surface area contributed by atoms with E-state index in [2.05, 4.69) is 24.1 Å². The summed E-state index contributed by atoms with van der Waals surface area (Å²) in [7, 11) is 0.182. The van der Waals surface area contributed by atoms with Gasteiger partial charge in [0.15, 0.2) is 19.7 Å². The van der Waals surface area contributed by atoms with Crippen LogP contribution >= 0.6 is 16.1 Å². The molecule has 0 unspecified atom stereocenters. The van der Waals surface area contributed by atoms with Gasteiger partial charge in [-0.2, -0.15) is 0 Å². The molecule has 0 aromatic heterocycles. The van der Waals surface area contributed by atoms with Crippen molar-refractivity contribution < 1.29 is 0 Å². The third-order valence-electron chi connectivity index (χ3n) is 0.567. The molecule has 0 bridgehead atoms. The molecule has 5 heavy (non-hydrogen) atoms. The van der Waals surface area contributed by atoms with Crippen molar-refractivity contribution in [1.29, 1.82) is 0 Å². The van der Waals surface area contributed by atoms with Gasteiger partial charge in [0.1, 0.15) is 0 Å². The maximum absolute atomic E-state index is 3.35. The van der Waals surface area contributed by atoms with E-state index in [-0.39, 0.29) is 19.7 Å². The third-order valence-corrected chi connectivity index (χ3v) is 5.89. The van der Waals surface area contributed by atoms with Crippen LogP contribution in [0.3, 0.4) is 0 Å². The predicted molar refractivity (Wildman–Crippen MR) is 31.0 cm³/mol. The number of hydrogen-bond acceptors (Lipinski definition) is 2. The van der Waals surface area contributed by atoms with Crippen LogP contribution in [-0.4, -0.2) is 22.9 Å². The predicted octanol–water partition coefficient (Wildman–Crippen LogP) is -1.80. The normalized spacial score (nSPS) is 35.4. The van der Waals surface area contributed by atoms with Gasteiger partial charge in [0.05, 0.1) is 0 Å². The molecule has 0 aromatic rings. The first-order chi connectivity index (χ1) is 2.39. The van der Waals surface area contributed by atoms with Crippen molar-refractivity contribution in [3.05, 3.63) is 0 Å². The smallest absolute Gasteiger partial charge is 0.168 e. The quantitative estimate of drug-likeness (QED) is 0.340. The zero-order valence-corrected chi connectivity index (χ0v) is 7.15. The van der Waals surface area contributed by atoms with Crippen molar-refractivity contribution in [2.75, 3.05) is 0 Å². The Labute approximate surface area is 44.2 Å². The lowest BCUT2D eigenvalue weighted by molar-refractivity contribution is 1.04. The van der Waals surface area contributed by atoms with E-state index in [0.717, 1.165) is 0 Å². The molecule has 30 valence electrons. The van der Waals surface area contributed by atoms with Crippen molar-refractivity contribution in [3.8, 4) is 0 Å². The summed E-state index contributed by atoms with van der Waals surface area (Å²) < 4.78 is 5.60. The Bertz CT molecular complexity index is 34.6. The highest BCUT2D eigenvalue weighted by Gasteiger charge is 2.07. The average molecular weight is 169 g/mol. The topological polar surface area (TPSA) is 15.3 Å². The van der Waals surface area contributed by atoms with E-state index in [1.165, 1.54) is 0 Å². The van der Waals surface area contributed by atoms with Crippen LogP contribution in [0.5, 0.6) is 0 Å². The van der Waals surface area contributed by atoms with Gasteiger partial charge in [0.25, 0.3) is 0 Å². The first-order valence-electron chi connectivity index (χ1n) is 1.51. The summed E-state index contributed by atoms with van der Waals surface area (Å²) in [5.41, 5.74) is 0. The molecular weight excluding hydrogens is 164 g/mol. The van der Waals surface area contributed by atoms with Gasteiger partial charge in [0.2, 0.25) is 0 Å². The fourth-order valence-corrected chi connectivity index (χ4v) is 4.96. The van der Waals surface area contributed by atoms with E-state index in [9.17, 15) is 0 Å². The molecule has 2 nitrogen and oxygen atoms in total. The van der Waals surface area contributed by atoms with E-state index in [1.54, 1.807) is 0 Å². The lowest BCUT2D eigenvalue weighted by atomic mass is 13.7. The van der Waals surface area contributed by atoms with Gasteiger partial charge in [0, 0.05) is 0 Å². The zero-order chi connectivity index (χ0) is 3.70. The number of halogens is 1. The van der Waals surface area contributed by atoms with Crippen LogP contribution in [0.4, 0.5) is 0 Å². The van der Waals surface area contributed by atoms with E-state index in [0.29, 0.717) is 0 Å². The molecule has 0 radical (unpaired) electrons. The second-order valence-corrected chi connectivity index (χ2v) is 8.94. The van der Waals surface area contributed by atoms with Gasteiger partial charge in [-0.25, -0.2) is 0 Å². The molecule has 1 N–H and O–H groups in total. The first-order valence-corrected chi connectivity index (χ1v) is 4.90. The Balaban J connectivity index is 2.08. The minimum absolute atomic E-state index is 0.0910. The second-order valence-electron chi connectivity index (χ2n) is 1.03. The molecule has 1 rings (SSSR count). The summed E-state index contributed by atoms with van der Waals surface area (Å²) in [5.74, 6) is 0. The number of hydrogen-bond donors (Lipinski definition) is 1. The monoisotopic (exact) mass is 168 g/mol. The molecule has 1 heterocycles. The van der Waals surface area contributed by atoms with Crippen molar-refractivity contribution in [3.63, 3.8) is 0 Å². The van der Waals surface area contributed by atoms with Crippen LogP contribution in [-0.2, 0) is 0 Å². The van der Waals surface area contributed by atoms with Gasteiger partial charge in [-0.05, 0) is 16.1 Å². The van der Waals surface area contributed by atoms with Crippen LogP contribution < -0.4 is 4.65 Å². The molecule has 0 saturated carbocycles. The summed E-state index contributed by atoms with van der Waals surface area (Å²) in [6.07, 6.45) is 0. The Hall–Kier alpha value is 0.834. The molecule has 1 fully saturated rings. The SMILES string of the molecule is BrN1[SiH2]N[SiH2]1. The molecular formula is H5BrN2Si2. The van der Waals surface area contributed by atoms with Crippen molar-refractivity contribution >= 4 is 35.8 Å². The van der Waals surface area contributed by atoms with Gasteiger partial charge < -0.3 is 4.65 Å². The molecule has 0 aliphatic carbocycles. The third kappa shape index (κ3) is 0.831. The Kier molecular flexibility index (Phi) is 1.22. The lowest BCUT2D eigenvalue weighted by Gasteiger charge is -2.22. The molecule has 0 spiro atoms. The first kappa shape index (κ1) is 4.01. The second kappa shape index (κ2) is 1.52. The van der Waals surface area contributed by atoms with E-state index in [4.69, 9.17) is 0 Å². The summed E-state index contributed by atoms with van der Waals surface area (Å²) in [6, 6.07) is 0. The maximum Gasteiger partial charge on any atom is 0.168 e. The van der Waals surface area contributed by atoms with Gasteiger partial charge in [-0.15, -0.1) is 0 Å². The highest BCUT2D eigenvalue weighted by atomic mass is 79.9. The summed E-state index contributed by atoms with van der Waals surface area (Å²) >= 11 is 3.35. The van der Waals surface area contributed by atoms with Crippen LogP contribution in [0.25, 0.3) is 0 Å². The fraction of sp³-hybridized carbons (Fsp3) is 0. The Morgan fingerprint density at radius 1 is 1.60 bits per heavy atom. The van der Waals surface area contributed by atoms with Crippen molar-refractivity contribution in [1.82, 2.24) is 7.91 Å². The number of rotatable bonds is 0. The van der Waals surface area contributed by atoms with Gasteiger partial charge >= 0.3 is 0 Å². The van der Waals surface area contributed by atoms with E-state index in [1.807, 2.05) is 0 Å². The number of nitrogens with zero attached hydrogens (tertiary/aromatic N) is 1. The van der Waals surface area contributed by atoms with Crippen molar-refractivity contribution in [2.24, 2.45) is 0 Å². The molecule has 1 saturated heterocycles. The van der Waals surface area contributed by atoms with Crippen LogP contribution in [0.1, 0.15) is 0 Å². The average Bonchev–Trinajstić information content (AvgIpc) is 1.30. The standard InChI is InChI=1S/BrH5N2Si2/c1-3-4-2-5-3/h2H,4-5H2. The fourth-order valence-electron chi connectivity index (χ4n) is 0.196. The molecule has 0 aromatic carbocycles.